The second kappa shape index (κ2) is 4.48. The van der Waals surface area contributed by atoms with Gasteiger partial charge in [-0.25, -0.2) is 4.98 Å². The first-order chi connectivity index (χ1) is 8.41. The highest BCUT2D eigenvalue weighted by molar-refractivity contribution is 5.62. The van der Waals surface area contributed by atoms with Crippen LogP contribution in [0.5, 0.6) is 5.75 Å². The molecule has 96 valence electrons. The fourth-order valence-corrected chi connectivity index (χ4v) is 2.03. The molecule has 3 nitrogen and oxygen atoms in total. The van der Waals surface area contributed by atoms with Gasteiger partial charge >= 0.3 is 0 Å². The van der Waals surface area contributed by atoms with Crippen molar-refractivity contribution in [2.24, 2.45) is 0 Å². The molecule has 0 spiro atoms. The molecule has 3 heteroatoms. The van der Waals surface area contributed by atoms with Gasteiger partial charge in [-0.3, -0.25) is 0 Å². The number of benzene rings is 1. The largest absolute Gasteiger partial charge is 0.496 e. The van der Waals surface area contributed by atoms with Crippen molar-refractivity contribution in [1.82, 2.24) is 9.97 Å². The molecule has 1 heterocycles. The van der Waals surface area contributed by atoms with Crippen LogP contribution in [0, 0.1) is 6.92 Å². The summed E-state index contributed by atoms with van der Waals surface area (Å²) in [5, 5.41) is 0. The van der Waals surface area contributed by atoms with Crippen LogP contribution < -0.4 is 4.74 Å². The van der Waals surface area contributed by atoms with E-state index in [2.05, 4.69) is 42.9 Å². The minimum Gasteiger partial charge on any atom is -0.496 e. The highest BCUT2D eigenvalue weighted by Crippen LogP contribution is 2.34. The SMILES string of the molecule is COc1ccc(-c2cnc(C)[nH]2)cc1C(C)(C)C. The third kappa shape index (κ3) is 2.40. The zero-order valence-corrected chi connectivity index (χ0v) is 11.7. The van der Waals surface area contributed by atoms with E-state index in [4.69, 9.17) is 4.74 Å². The van der Waals surface area contributed by atoms with Crippen LogP contribution in [0.2, 0.25) is 0 Å². The fourth-order valence-electron chi connectivity index (χ4n) is 2.03. The number of H-pyrrole nitrogens is 1. The predicted octanol–water partition coefficient (Wildman–Crippen LogP) is 3.69. The summed E-state index contributed by atoms with van der Waals surface area (Å²) >= 11 is 0. The molecule has 0 aliphatic carbocycles. The molecule has 0 fully saturated rings. The predicted molar refractivity (Wildman–Crippen MR) is 74.0 cm³/mol. The number of aromatic amines is 1. The molecule has 2 aromatic rings. The average Bonchev–Trinajstić information content (AvgIpc) is 2.74. The van der Waals surface area contributed by atoms with Crippen molar-refractivity contribution in [2.75, 3.05) is 7.11 Å². The molecular weight excluding hydrogens is 224 g/mol. The maximum absolute atomic E-state index is 5.44. The van der Waals surface area contributed by atoms with Gasteiger partial charge in [0.05, 0.1) is 19.0 Å². The Balaban J connectivity index is 2.52. The first-order valence-electron chi connectivity index (χ1n) is 6.12. The van der Waals surface area contributed by atoms with Gasteiger partial charge in [0.15, 0.2) is 0 Å². The second-order valence-electron chi connectivity index (χ2n) is 5.55. The first kappa shape index (κ1) is 12.7. The van der Waals surface area contributed by atoms with Crippen LogP contribution in [0.25, 0.3) is 11.3 Å². The average molecular weight is 244 g/mol. The van der Waals surface area contributed by atoms with E-state index in [0.717, 1.165) is 22.8 Å². The van der Waals surface area contributed by atoms with Crippen molar-refractivity contribution in [3.05, 3.63) is 35.8 Å². The van der Waals surface area contributed by atoms with Gasteiger partial charge in [-0.05, 0) is 30.5 Å². The van der Waals surface area contributed by atoms with Gasteiger partial charge in [0, 0.05) is 11.1 Å². The Bertz CT molecular complexity index is 550. The summed E-state index contributed by atoms with van der Waals surface area (Å²) in [5.74, 6) is 1.86. The van der Waals surface area contributed by atoms with Gasteiger partial charge in [0.2, 0.25) is 0 Å². The summed E-state index contributed by atoms with van der Waals surface area (Å²) in [4.78, 5) is 7.50. The zero-order valence-electron chi connectivity index (χ0n) is 11.7. The van der Waals surface area contributed by atoms with E-state index in [-0.39, 0.29) is 5.41 Å². The molecule has 0 atom stereocenters. The summed E-state index contributed by atoms with van der Waals surface area (Å²) in [7, 11) is 1.71. The monoisotopic (exact) mass is 244 g/mol. The highest BCUT2D eigenvalue weighted by atomic mass is 16.5. The lowest BCUT2D eigenvalue weighted by molar-refractivity contribution is 0.397. The third-order valence-electron chi connectivity index (χ3n) is 3.02. The Hall–Kier alpha value is -1.77. The minimum atomic E-state index is 0.0520. The molecule has 0 saturated carbocycles. The standard InChI is InChI=1S/C15H20N2O/c1-10-16-9-13(17-10)11-6-7-14(18-5)12(8-11)15(2,3)4/h6-9H,1-5H3,(H,16,17). The number of methoxy groups -OCH3 is 1. The van der Waals surface area contributed by atoms with Crippen molar-refractivity contribution >= 4 is 0 Å². The third-order valence-corrected chi connectivity index (χ3v) is 3.02. The van der Waals surface area contributed by atoms with Crippen LogP contribution in [0.3, 0.4) is 0 Å². The number of ether oxygens (including phenoxy) is 1. The lowest BCUT2D eigenvalue weighted by atomic mass is 9.85. The zero-order chi connectivity index (χ0) is 13.3. The lowest BCUT2D eigenvalue weighted by Crippen LogP contribution is -2.12. The highest BCUT2D eigenvalue weighted by Gasteiger charge is 2.19. The maximum atomic E-state index is 5.44. The fraction of sp³-hybridized carbons (Fsp3) is 0.400. The molecule has 0 unspecified atom stereocenters. The quantitative estimate of drug-likeness (QED) is 0.874. The van der Waals surface area contributed by atoms with Gasteiger partial charge in [-0.15, -0.1) is 0 Å². The van der Waals surface area contributed by atoms with Gasteiger partial charge in [0.1, 0.15) is 11.6 Å². The van der Waals surface area contributed by atoms with Crippen LogP contribution in [0.4, 0.5) is 0 Å². The van der Waals surface area contributed by atoms with E-state index in [1.165, 1.54) is 5.56 Å². The van der Waals surface area contributed by atoms with E-state index in [1.54, 1.807) is 7.11 Å². The van der Waals surface area contributed by atoms with Crippen molar-refractivity contribution in [3.8, 4) is 17.0 Å². The Labute approximate surface area is 108 Å². The van der Waals surface area contributed by atoms with Crippen molar-refractivity contribution < 1.29 is 4.74 Å². The molecule has 2 rings (SSSR count). The van der Waals surface area contributed by atoms with Crippen molar-refractivity contribution in [3.63, 3.8) is 0 Å². The number of rotatable bonds is 2. The van der Waals surface area contributed by atoms with Gasteiger partial charge in [-0.1, -0.05) is 20.8 Å². The van der Waals surface area contributed by atoms with Crippen LogP contribution in [0.15, 0.2) is 24.4 Å². The Morgan fingerprint density at radius 3 is 2.44 bits per heavy atom. The molecule has 0 radical (unpaired) electrons. The van der Waals surface area contributed by atoms with E-state index in [9.17, 15) is 0 Å². The normalized spacial score (nSPS) is 11.6. The van der Waals surface area contributed by atoms with E-state index in [0.29, 0.717) is 0 Å². The summed E-state index contributed by atoms with van der Waals surface area (Å²) in [6.45, 7) is 8.52. The molecule has 0 bridgehead atoms. The van der Waals surface area contributed by atoms with Crippen molar-refractivity contribution in [1.29, 1.82) is 0 Å². The van der Waals surface area contributed by atoms with Crippen molar-refractivity contribution in [2.45, 2.75) is 33.1 Å². The molecule has 0 saturated heterocycles. The Morgan fingerprint density at radius 1 is 1.22 bits per heavy atom. The number of hydrogen-bond donors (Lipinski definition) is 1. The number of imidazole rings is 1. The van der Waals surface area contributed by atoms with E-state index < -0.39 is 0 Å². The molecule has 1 N–H and O–H groups in total. The molecular formula is C15H20N2O. The number of hydrogen-bond acceptors (Lipinski definition) is 2. The minimum absolute atomic E-state index is 0.0520. The maximum Gasteiger partial charge on any atom is 0.122 e. The van der Waals surface area contributed by atoms with Gasteiger partial charge < -0.3 is 9.72 Å². The number of aromatic nitrogens is 2. The lowest BCUT2D eigenvalue weighted by Gasteiger charge is -2.22. The topological polar surface area (TPSA) is 37.9 Å². The molecule has 0 aliphatic rings. The number of nitrogens with zero attached hydrogens (tertiary/aromatic N) is 1. The van der Waals surface area contributed by atoms with Crippen LogP contribution in [-0.4, -0.2) is 17.1 Å². The van der Waals surface area contributed by atoms with Crippen LogP contribution >= 0.6 is 0 Å². The molecule has 1 aromatic heterocycles. The second-order valence-corrected chi connectivity index (χ2v) is 5.55. The number of aryl methyl sites for hydroxylation is 1. The smallest absolute Gasteiger partial charge is 0.122 e. The number of nitrogens with one attached hydrogen (secondary N) is 1. The van der Waals surface area contributed by atoms with Gasteiger partial charge in [0.25, 0.3) is 0 Å². The molecule has 0 amide bonds. The summed E-state index contributed by atoms with van der Waals surface area (Å²) in [6, 6.07) is 6.25. The van der Waals surface area contributed by atoms with E-state index in [1.807, 2.05) is 19.2 Å². The van der Waals surface area contributed by atoms with Gasteiger partial charge in [-0.2, -0.15) is 0 Å². The van der Waals surface area contributed by atoms with Crippen LogP contribution in [0.1, 0.15) is 32.2 Å². The molecule has 1 aromatic carbocycles. The summed E-state index contributed by atoms with van der Waals surface area (Å²) in [5.41, 5.74) is 3.44. The van der Waals surface area contributed by atoms with E-state index >= 15 is 0 Å². The molecule has 0 aliphatic heterocycles. The Morgan fingerprint density at radius 2 is 1.94 bits per heavy atom. The summed E-state index contributed by atoms with van der Waals surface area (Å²) < 4.78 is 5.44. The summed E-state index contributed by atoms with van der Waals surface area (Å²) in [6.07, 6.45) is 1.86. The Kier molecular flexibility index (Phi) is 3.16. The van der Waals surface area contributed by atoms with Crippen LogP contribution in [-0.2, 0) is 5.41 Å². The first-order valence-corrected chi connectivity index (χ1v) is 6.12. The molecule has 18 heavy (non-hydrogen) atoms.